The van der Waals surface area contributed by atoms with Gasteiger partial charge in [0.2, 0.25) is 5.91 Å². The zero-order valence-electron chi connectivity index (χ0n) is 12.0. The van der Waals surface area contributed by atoms with Gasteiger partial charge in [-0.2, -0.15) is 0 Å². The SMILES string of the molecule is O=C(COc1ccccc1)NCC(=O)N1CCC[C@@H]1C(=O)O. The van der Waals surface area contributed by atoms with Gasteiger partial charge in [-0.05, 0) is 25.0 Å². The highest BCUT2D eigenvalue weighted by Crippen LogP contribution is 2.17. The molecule has 1 saturated heterocycles. The van der Waals surface area contributed by atoms with Crippen molar-refractivity contribution in [1.82, 2.24) is 10.2 Å². The molecule has 1 fully saturated rings. The van der Waals surface area contributed by atoms with E-state index >= 15 is 0 Å². The van der Waals surface area contributed by atoms with Crippen molar-refractivity contribution in [2.75, 3.05) is 19.7 Å². The minimum atomic E-state index is -1.01. The fourth-order valence-corrected chi connectivity index (χ4v) is 2.31. The number of hydrogen-bond donors (Lipinski definition) is 2. The summed E-state index contributed by atoms with van der Waals surface area (Å²) in [5.74, 6) is -1.26. The highest BCUT2D eigenvalue weighted by molar-refractivity contribution is 5.88. The lowest BCUT2D eigenvalue weighted by atomic mass is 10.2. The molecule has 0 saturated carbocycles. The number of ether oxygens (including phenoxy) is 1. The molecule has 0 aromatic heterocycles. The Morgan fingerprint density at radius 1 is 1.27 bits per heavy atom. The molecule has 7 heteroatoms. The first-order valence-corrected chi connectivity index (χ1v) is 7.05. The number of carboxylic acid groups (broad SMARTS) is 1. The molecule has 1 aromatic carbocycles. The van der Waals surface area contributed by atoms with Crippen molar-refractivity contribution in [1.29, 1.82) is 0 Å². The molecule has 0 aliphatic carbocycles. The quantitative estimate of drug-likeness (QED) is 0.786. The van der Waals surface area contributed by atoms with Gasteiger partial charge in [-0.25, -0.2) is 4.79 Å². The van der Waals surface area contributed by atoms with E-state index in [9.17, 15) is 14.4 Å². The van der Waals surface area contributed by atoms with Gasteiger partial charge >= 0.3 is 5.97 Å². The lowest BCUT2D eigenvalue weighted by Crippen LogP contribution is -2.46. The van der Waals surface area contributed by atoms with E-state index in [1.165, 1.54) is 4.90 Å². The van der Waals surface area contributed by atoms with Gasteiger partial charge in [0, 0.05) is 6.54 Å². The van der Waals surface area contributed by atoms with Gasteiger partial charge in [0.05, 0.1) is 6.54 Å². The summed E-state index contributed by atoms with van der Waals surface area (Å²) in [6.07, 6.45) is 1.11. The van der Waals surface area contributed by atoms with Crippen molar-refractivity contribution in [2.45, 2.75) is 18.9 Å². The molecule has 1 aliphatic rings. The van der Waals surface area contributed by atoms with E-state index in [0.29, 0.717) is 25.1 Å². The van der Waals surface area contributed by atoms with Crippen LogP contribution in [0.15, 0.2) is 30.3 Å². The van der Waals surface area contributed by atoms with Gasteiger partial charge < -0.3 is 20.1 Å². The summed E-state index contributed by atoms with van der Waals surface area (Å²) in [4.78, 5) is 35.9. The maximum Gasteiger partial charge on any atom is 0.326 e. The molecular weight excluding hydrogens is 288 g/mol. The molecule has 118 valence electrons. The second-order valence-electron chi connectivity index (χ2n) is 4.96. The van der Waals surface area contributed by atoms with Crippen molar-refractivity contribution >= 4 is 17.8 Å². The summed E-state index contributed by atoms with van der Waals surface area (Å²) in [5, 5.41) is 11.5. The van der Waals surface area contributed by atoms with E-state index in [-0.39, 0.29) is 13.2 Å². The van der Waals surface area contributed by atoms with Crippen LogP contribution in [0.1, 0.15) is 12.8 Å². The van der Waals surface area contributed by atoms with E-state index < -0.39 is 23.8 Å². The number of aliphatic carboxylic acids is 1. The molecule has 0 spiro atoms. The number of rotatable bonds is 6. The molecule has 2 amide bonds. The Morgan fingerprint density at radius 3 is 2.68 bits per heavy atom. The molecule has 0 radical (unpaired) electrons. The Balaban J connectivity index is 1.74. The largest absolute Gasteiger partial charge is 0.484 e. The zero-order valence-corrected chi connectivity index (χ0v) is 12.0. The van der Waals surface area contributed by atoms with Gasteiger partial charge in [-0.1, -0.05) is 18.2 Å². The summed E-state index contributed by atoms with van der Waals surface area (Å²) in [5.41, 5.74) is 0. The van der Waals surface area contributed by atoms with Crippen LogP contribution in [0.5, 0.6) is 5.75 Å². The predicted octanol–water partition coefficient (Wildman–Crippen LogP) is 0.257. The second kappa shape index (κ2) is 7.44. The van der Waals surface area contributed by atoms with Crippen LogP contribution in [-0.4, -0.2) is 53.5 Å². The molecular formula is C15H18N2O5. The monoisotopic (exact) mass is 306 g/mol. The number of nitrogens with zero attached hydrogens (tertiary/aromatic N) is 1. The summed E-state index contributed by atoms with van der Waals surface area (Å²) < 4.78 is 5.25. The topological polar surface area (TPSA) is 95.9 Å². The molecule has 2 N–H and O–H groups in total. The third-order valence-electron chi connectivity index (χ3n) is 3.41. The molecule has 7 nitrogen and oxygen atoms in total. The molecule has 1 aliphatic heterocycles. The number of nitrogens with one attached hydrogen (secondary N) is 1. The fraction of sp³-hybridized carbons (Fsp3) is 0.400. The highest BCUT2D eigenvalue weighted by atomic mass is 16.5. The van der Waals surface area contributed by atoms with Crippen LogP contribution in [-0.2, 0) is 14.4 Å². The molecule has 0 unspecified atom stereocenters. The Hall–Kier alpha value is -2.57. The smallest absolute Gasteiger partial charge is 0.326 e. The number of para-hydroxylation sites is 1. The molecule has 1 aromatic rings. The maximum atomic E-state index is 11.9. The van der Waals surface area contributed by atoms with Crippen LogP contribution in [0, 0.1) is 0 Å². The Kier molecular flexibility index (Phi) is 5.35. The molecule has 2 rings (SSSR count). The number of carbonyl (C=O) groups is 3. The summed E-state index contributed by atoms with van der Waals surface area (Å²) >= 11 is 0. The Labute approximate surface area is 127 Å². The zero-order chi connectivity index (χ0) is 15.9. The number of benzene rings is 1. The summed E-state index contributed by atoms with van der Waals surface area (Å²) in [7, 11) is 0. The van der Waals surface area contributed by atoms with Gasteiger partial charge in [-0.15, -0.1) is 0 Å². The van der Waals surface area contributed by atoms with Gasteiger partial charge in [0.25, 0.3) is 5.91 Å². The summed E-state index contributed by atoms with van der Waals surface area (Å²) in [6, 6.07) is 8.07. The number of carbonyl (C=O) groups excluding carboxylic acids is 2. The van der Waals surface area contributed by atoms with Crippen LogP contribution in [0.4, 0.5) is 0 Å². The van der Waals surface area contributed by atoms with E-state index in [1.54, 1.807) is 24.3 Å². The first-order chi connectivity index (χ1) is 10.6. The first kappa shape index (κ1) is 15.8. The van der Waals surface area contributed by atoms with Gasteiger partial charge in [0.15, 0.2) is 6.61 Å². The van der Waals surface area contributed by atoms with Gasteiger partial charge in [-0.3, -0.25) is 9.59 Å². The Morgan fingerprint density at radius 2 is 2.00 bits per heavy atom. The number of likely N-dealkylation sites (tertiary alicyclic amines) is 1. The maximum absolute atomic E-state index is 11.9. The molecule has 1 atom stereocenters. The van der Waals surface area contributed by atoms with Crippen LogP contribution in [0.3, 0.4) is 0 Å². The number of carboxylic acids is 1. The van der Waals surface area contributed by atoms with Crippen LogP contribution in [0.25, 0.3) is 0 Å². The fourth-order valence-electron chi connectivity index (χ4n) is 2.31. The van der Waals surface area contributed by atoms with Crippen molar-refractivity contribution in [3.05, 3.63) is 30.3 Å². The van der Waals surface area contributed by atoms with Crippen molar-refractivity contribution in [2.24, 2.45) is 0 Å². The minimum absolute atomic E-state index is 0.195. The van der Waals surface area contributed by atoms with Crippen molar-refractivity contribution < 1.29 is 24.2 Å². The average Bonchev–Trinajstić information content (AvgIpc) is 3.01. The number of amides is 2. The standard InChI is InChI=1S/C15H18N2O5/c18-13(10-22-11-5-2-1-3-6-11)16-9-14(19)17-8-4-7-12(17)15(20)21/h1-3,5-6,12H,4,7-10H2,(H,16,18)(H,20,21)/t12-/m1/s1. The van der Waals surface area contributed by atoms with Crippen LogP contribution < -0.4 is 10.1 Å². The first-order valence-electron chi connectivity index (χ1n) is 7.05. The lowest BCUT2D eigenvalue weighted by Gasteiger charge is -2.21. The minimum Gasteiger partial charge on any atom is -0.484 e. The van der Waals surface area contributed by atoms with Crippen molar-refractivity contribution in [3.8, 4) is 5.75 Å². The predicted molar refractivity (Wildman–Crippen MR) is 77.3 cm³/mol. The third kappa shape index (κ3) is 4.21. The van der Waals surface area contributed by atoms with Crippen LogP contribution in [0.2, 0.25) is 0 Å². The average molecular weight is 306 g/mol. The van der Waals surface area contributed by atoms with Gasteiger partial charge in [0.1, 0.15) is 11.8 Å². The third-order valence-corrected chi connectivity index (χ3v) is 3.41. The normalized spacial score (nSPS) is 17.1. The highest BCUT2D eigenvalue weighted by Gasteiger charge is 2.33. The molecule has 22 heavy (non-hydrogen) atoms. The Bertz CT molecular complexity index is 546. The van der Waals surface area contributed by atoms with E-state index in [2.05, 4.69) is 5.32 Å². The summed E-state index contributed by atoms with van der Waals surface area (Å²) in [6.45, 7) is -0.00734. The lowest BCUT2D eigenvalue weighted by molar-refractivity contribution is -0.148. The number of hydrogen-bond acceptors (Lipinski definition) is 4. The van der Waals surface area contributed by atoms with E-state index in [0.717, 1.165) is 0 Å². The van der Waals surface area contributed by atoms with Crippen molar-refractivity contribution in [3.63, 3.8) is 0 Å². The molecule has 1 heterocycles. The second-order valence-corrected chi connectivity index (χ2v) is 4.96. The van der Waals surface area contributed by atoms with Crippen LogP contribution >= 0.6 is 0 Å². The van der Waals surface area contributed by atoms with E-state index in [1.807, 2.05) is 6.07 Å². The molecule has 0 bridgehead atoms. The van der Waals surface area contributed by atoms with E-state index in [4.69, 9.17) is 9.84 Å².